The molecule has 4 nitrogen and oxygen atoms in total. The van der Waals surface area contributed by atoms with Gasteiger partial charge in [-0.2, -0.15) is 0 Å². The van der Waals surface area contributed by atoms with Crippen molar-refractivity contribution in [2.24, 2.45) is 0 Å². The van der Waals surface area contributed by atoms with Crippen molar-refractivity contribution in [3.63, 3.8) is 0 Å². The molecule has 4 rings (SSSR count). The number of hydrogen-bond acceptors (Lipinski definition) is 3. The van der Waals surface area contributed by atoms with Crippen molar-refractivity contribution in [3.8, 4) is 22.4 Å². The molecule has 0 unspecified atom stereocenters. The number of hydrogen-bond donors (Lipinski definition) is 1. The normalized spacial score (nSPS) is 11.0. The van der Waals surface area contributed by atoms with Crippen molar-refractivity contribution in [1.29, 1.82) is 0 Å². The zero-order valence-electron chi connectivity index (χ0n) is 13.5. The van der Waals surface area contributed by atoms with E-state index in [0.717, 1.165) is 22.4 Å². The van der Waals surface area contributed by atoms with Gasteiger partial charge >= 0.3 is 0 Å². The number of aromatic nitrogens is 3. The molecule has 4 aromatic rings. The molecular formula is C20H14FN3O. The summed E-state index contributed by atoms with van der Waals surface area (Å²) in [5.41, 5.74) is 5.11. The van der Waals surface area contributed by atoms with E-state index in [0.29, 0.717) is 16.6 Å². The van der Waals surface area contributed by atoms with Crippen LogP contribution in [0.25, 0.3) is 33.4 Å². The standard InChI is InChI=1S/C20H14FN3O/c1-12-9-14(4-6-16(12)21)20-15(3-2-8-22-20)13-5-7-17-18(10-13)24-19(25)11-23-17/h2-11H,1H3,(H,24,25). The topological polar surface area (TPSA) is 58.6 Å². The molecule has 0 atom stereocenters. The highest BCUT2D eigenvalue weighted by Gasteiger charge is 2.11. The fourth-order valence-corrected chi connectivity index (χ4v) is 2.87. The van der Waals surface area contributed by atoms with Gasteiger partial charge in [0.2, 0.25) is 0 Å². The first kappa shape index (κ1) is 15.2. The van der Waals surface area contributed by atoms with E-state index in [1.807, 2.05) is 30.3 Å². The van der Waals surface area contributed by atoms with Crippen LogP contribution >= 0.6 is 0 Å². The summed E-state index contributed by atoms with van der Waals surface area (Å²) in [5, 5.41) is 0. The molecule has 2 aromatic carbocycles. The van der Waals surface area contributed by atoms with Crippen molar-refractivity contribution in [2.75, 3.05) is 0 Å². The molecular weight excluding hydrogens is 317 g/mol. The molecule has 2 heterocycles. The summed E-state index contributed by atoms with van der Waals surface area (Å²) in [6.07, 6.45) is 2.97. The molecule has 0 saturated heterocycles. The van der Waals surface area contributed by atoms with Gasteiger partial charge in [0.05, 0.1) is 22.9 Å². The van der Waals surface area contributed by atoms with E-state index in [2.05, 4.69) is 15.0 Å². The van der Waals surface area contributed by atoms with Crippen molar-refractivity contribution < 1.29 is 4.39 Å². The summed E-state index contributed by atoms with van der Waals surface area (Å²) in [5.74, 6) is -0.240. The fourth-order valence-electron chi connectivity index (χ4n) is 2.87. The minimum Gasteiger partial charge on any atom is -0.319 e. The van der Waals surface area contributed by atoms with E-state index < -0.39 is 0 Å². The SMILES string of the molecule is Cc1cc(-c2ncccc2-c2ccc3ncc(=O)[nH]c3c2)ccc1F. The van der Waals surface area contributed by atoms with E-state index in [1.165, 1.54) is 12.3 Å². The highest BCUT2D eigenvalue weighted by Crippen LogP contribution is 2.31. The first-order valence-corrected chi connectivity index (χ1v) is 7.83. The molecule has 0 amide bonds. The number of H-pyrrole nitrogens is 1. The third-order valence-electron chi connectivity index (χ3n) is 4.13. The van der Waals surface area contributed by atoms with Crippen LogP contribution in [0, 0.1) is 12.7 Å². The summed E-state index contributed by atoms with van der Waals surface area (Å²) in [6, 6.07) is 14.4. The Labute approximate surface area is 143 Å². The number of nitrogens with zero attached hydrogens (tertiary/aromatic N) is 2. The number of benzene rings is 2. The monoisotopic (exact) mass is 331 g/mol. The summed E-state index contributed by atoms with van der Waals surface area (Å²) < 4.78 is 13.6. The van der Waals surface area contributed by atoms with Gasteiger partial charge in [-0.05, 0) is 54.4 Å². The van der Waals surface area contributed by atoms with Gasteiger partial charge in [0.1, 0.15) is 5.82 Å². The second kappa shape index (κ2) is 5.94. The molecule has 0 aliphatic carbocycles. The molecule has 0 aliphatic heterocycles. The second-order valence-corrected chi connectivity index (χ2v) is 5.84. The van der Waals surface area contributed by atoms with Gasteiger partial charge in [0.25, 0.3) is 5.56 Å². The Bertz CT molecular complexity index is 1150. The lowest BCUT2D eigenvalue weighted by Gasteiger charge is -2.10. The Hall–Kier alpha value is -3.34. The predicted octanol–water partition coefficient (Wildman–Crippen LogP) is 4.10. The highest BCUT2D eigenvalue weighted by molar-refractivity contribution is 5.86. The Kier molecular flexibility index (Phi) is 3.61. The van der Waals surface area contributed by atoms with Gasteiger partial charge in [-0.25, -0.2) is 9.37 Å². The van der Waals surface area contributed by atoms with Gasteiger partial charge in [-0.15, -0.1) is 0 Å². The molecule has 0 aliphatic rings. The summed E-state index contributed by atoms with van der Waals surface area (Å²) in [6.45, 7) is 1.73. The van der Waals surface area contributed by atoms with Crippen LogP contribution < -0.4 is 5.56 Å². The lowest BCUT2D eigenvalue weighted by atomic mass is 9.98. The molecule has 1 N–H and O–H groups in total. The molecule has 5 heteroatoms. The van der Waals surface area contributed by atoms with E-state index in [9.17, 15) is 9.18 Å². The van der Waals surface area contributed by atoms with Crippen LogP contribution in [-0.4, -0.2) is 15.0 Å². The van der Waals surface area contributed by atoms with Crippen molar-refractivity contribution in [1.82, 2.24) is 15.0 Å². The van der Waals surface area contributed by atoms with Crippen molar-refractivity contribution in [3.05, 3.63) is 82.7 Å². The van der Waals surface area contributed by atoms with E-state index >= 15 is 0 Å². The average Bonchev–Trinajstić information content (AvgIpc) is 2.63. The number of aryl methyl sites for hydroxylation is 1. The Morgan fingerprint density at radius 3 is 2.68 bits per heavy atom. The van der Waals surface area contributed by atoms with Crippen LogP contribution in [-0.2, 0) is 0 Å². The second-order valence-electron chi connectivity index (χ2n) is 5.84. The minimum atomic E-state index is -0.245. The quantitative estimate of drug-likeness (QED) is 0.601. The smallest absolute Gasteiger partial charge is 0.266 e. The molecule has 25 heavy (non-hydrogen) atoms. The maximum atomic E-state index is 13.6. The largest absolute Gasteiger partial charge is 0.319 e. The van der Waals surface area contributed by atoms with Gasteiger partial charge in [0, 0.05) is 17.3 Å². The molecule has 0 spiro atoms. The average molecular weight is 331 g/mol. The maximum Gasteiger partial charge on any atom is 0.266 e. The van der Waals surface area contributed by atoms with Crippen LogP contribution in [0.4, 0.5) is 4.39 Å². The zero-order chi connectivity index (χ0) is 17.4. The van der Waals surface area contributed by atoms with Gasteiger partial charge < -0.3 is 4.98 Å². The van der Waals surface area contributed by atoms with Crippen molar-refractivity contribution >= 4 is 11.0 Å². The minimum absolute atomic E-state index is 0.240. The number of pyridine rings is 1. The van der Waals surface area contributed by atoms with Gasteiger partial charge in [-0.1, -0.05) is 12.1 Å². The predicted molar refractivity (Wildman–Crippen MR) is 95.7 cm³/mol. The van der Waals surface area contributed by atoms with E-state index in [4.69, 9.17) is 0 Å². The Morgan fingerprint density at radius 1 is 1.00 bits per heavy atom. The molecule has 0 bridgehead atoms. The summed E-state index contributed by atoms with van der Waals surface area (Å²) in [4.78, 5) is 22.9. The van der Waals surface area contributed by atoms with Gasteiger partial charge in [0.15, 0.2) is 0 Å². The number of fused-ring (bicyclic) bond motifs is 1. The molecule has 2 aromatic heterocycles. The first-order valence-electron chi connectivity index (χ1n) is 7.83. The summed E-state index contributed by atoms with van der Waals surface area (Å²) >= 11 is 0. The molecule has 122 valence electrons. The maximum absolute atomic E-state index is 13.6. The Morgan fingerprint density at radius 2 is 1.84 bits per heavy atom. The number of nitrogens with one attached hydrogen (secondary N) is 1. The molecule has 0 saturated carbocycles. The lowest BCUT2D eigenvalue weighted by Crippen LogP contribution is -2.04. The highest BCUT2D eigenvalue weighted by atomic mass is 19.1. The van der Waals surface area contributed by atoms with E-state index in [1.54, 1.807) is 25.3 Å². The fraction of sp³-hybridized carbons (Fsp3) is 0.0500. The number of rotatable bonds is 2. The zero-order valence-corrected chi connectivity index (χ0v) is 13.5. The van der Waals surface area contributed by atoms with Crippen LogP contribution in [0.5, 0.6) is 0 Å². The number of halogens is 1. The third-order valence-corrected chi connectivity index (χ3v) is 4.13. The van der Waals surface area contributed by atoms with Crippen LogP contribution in [0.2, 0.25) is 0 Å². The van der Waals surface area contributed by atoms with Crippen molar-refractivity contribution in [2.45, 2.75) is 6.92 Å². The Balaban J connectivity index is 1.91. The third kappa shape index (κ3) is 2.80. The van der Waals surface area contributed by atoms with Crippen LogP contribution in [0.3, 0.4) is 0 Å². The lowest BCUT2D eigenvalue weighted by molar-refractivity contribution is 0.619. The first-order chi connectivity index (χ1) is 12.1. The van der Waals surface area contributed by atoms with Crippen LogP contribution in [0.1, 0.15) is 5.56 Å². The summed E-state index contributed by atoms with van der Waals surface area (Å²) in [7, 11) is 0. The molecule has 0 fully saturated rings. The van der Waals surface area contributed by atoms with Gasteiger partial charge in [-0.3, -0.25) is 9.78 Å². The molecule has 0 radical (unpaired) electrons. The number of aromatic amines is 1. The van der Waals surface area contributed by atoms with Crippen LogP contribution in [0.15, 0.2) is 65.7 Å². The van der Waals surface area contributed by atoms with E-state index in [-0.39, 0.29) is 11.4 Å².